The zero-order valence-electron chi connectivity index (χ0n) is 17.5. The van der Waals surface area contributed by atoms with Crippen molar-refractivity contribution in [1.82, 2.24) is 9.47 Å². The molecule has 2 aromatic carbocycles. The van der Waals surface area contributed by atoms with Crippen LogP contribution in [0.5, 0.6) is 0 Å². The molecule has 0 spiro atoms. The molecule has 0 bridgehead atoms. The number of aromatic nitrogens is 1. The maximum atomic E-state index is 13.6. The normalized spacial score (nSPS) is 16.3. The number of fused-ring (bicyclic) bond motifs is 1. The number of nitrogens with zero attached hydrogens (tertiary/aromatic N) is 3. The maximum Gasteiger partial charge on any atom is 0.256 e. The van der Waals surface area contributed by atoms with Crippen molar-refractivity contribution in [2.75, 3.05) is 32.1 Å². The predicted octanol–water partition coefficient (Wildman–Crippen LogP) is 4.07. The van der Waals surface area contributed by atoms with Gasteiger partial charge in [-0.2, -0.15) is 0 Å². The number of rotatable bonds is 6. The molecule has 1 amide bonds. The molecule has 0 N–H and O–H groups in total. The van der Waals surface area contributed by atoms with E-state index in [4.69, 9.17) is 4.74 Å². The first kappa shape index (κ1) is 19.5. The topological polar surface area (TPSA) is 37.7 Å². The van der Waals surface area contributed by atoms with Crippen LogP contribution < -0.4 is 4.90 Å². The molecule has 1 atom stereocenters. The minimum atomic E-state index is 0.0639. The molecule has 1 saturated heterocycles. The minimum Gasteiger partial charge on any atom is -0.378 e. The molecular weight excluding hydrogens is 362 g/mol. The highest BCUT2D eigenvalue weighted by molar-refractivity contribution is 6.07. The maximum absolute atomic E-state index is 13.6. The Morgan fingerprint density at radius 1 is 1.14 bits per heavy atom. The minimum absolute atomic E-state index is 0.0639. The summed E-state index contributed by atoms with van der Waals surface area (Å²) in [6.07, 6.45) is 4.15. The molecule has 1 unspecified atom stereocenters. The van der Waals surface area contributed by atoms with E-state index in [0.29, 0.717) is 13.1 Å². The van der Waals surface area contributed by atoms with Gasteiger partial charge in [0.1, 0.15) is 0 Å². The third-order valence-electron chi connectivity index (χ3n) is 5.69. The highest BCUT2D eigenvalue weighted by Gasteiger charge is 2.25. The quantitative estimate of drug-likeness (QED) is 0.636. The Kier molecular flexibility index (Phi) is 5.58. The number of para-hydroxylation sites is 1. The average Bonchev–Trinajstić information content (AvgIpc) is 3.36. The highest BCUT2D eigenvalue weighted by Crippen LogP contribution is 2.24. The first-order valence-corrected chi connectivity index (χ1v) is 10.2. The number of hydrogen-bond acceptors (Lipinski definition) is 3. The van der Waals surface area contributed by atoms with Gasteiger partial charge in [0.15, 0.2) is 0 Å². The van der Waals surface area contributed by atoms with Gasteiger partial charge in [-0.1, -0.05) is 30.3 Å². The van der Waals surface area contributed by atoms with E-state index >= 15 is 0 Å². The number of benzene rings is 2. The van der Waals surface area contributed by atoms with Crippen LogP contribution in [0.4, 0.5) is 5.69 Å². The standard InChI is InChI=1S/C24H29N3O2/c1-25(2)19-12-10-18(11-13-19)15-27(16-20-7-6-14-29-20)24(28)22-17-26(3)23-9-5-4-8-21(22)23/h4-5,8-13,17,20H,6-7,14-16H2,1-3H3. The number of anilines is 1. The van der Waals surface area contributed by atoms with E-state index in [1.807, 2.05) is 55.0 Å². The molecule has 5 heteroatoms. The van der Waals surface area contributed by atoms with Crippen molar-refractivity contribution >= 4 is 22.5 Å². The van der Waals surface area contributed by atoms with Crippen LogP contribution in [0.25, 0.3) is 10.9 Å². The second-order valence-corrected chi connectivity index (χ2v) is 8.05. The lowest BCUT2D eigenvalue weighted by molar-refractivity contribution is 0.0508. The van der Waals surface area contributed by atoms with E-state index < -0.39 is 0 Å². The average molecular weight is 392 g/mol. The van der Waals surface area contributed by atoms with Gasteiger partial charge in [-0.05, 0) is 36.6 Å². The highest BCUT2D eigenvalue weighted by atomic mass is 16.5. The van der Waals surface area contributed by atoms with Gasteiger partial charge in [-0.25, -0.2) is 0 Å². The third-order valence-corrected chi connectivity index (χ3v) is 5.69. The Balaban J connectivity index is 1.63. The summed E-state index contributed by atoms with van der Waals surface area (Å²) in [6, 6.07) is 16.5. The fourth-order valence-corrected chi connectivity index (χ4v) is 4.06. The predicted molar refractivity (Wildman–Crippen MR) is 117 cm³/mol. The van der Waals surface area contributed by atoms with Crippen LogP contribution in [0.3, 0.4) is 0 Å². The van der Waals surface area contributed by atoms with Gasteiger partial charge >= 0.3 is 0 Å². The Morgan fingerprint density at radius 3 is 2.59 bits per heavy atom. The van der Waals surface area contributed by atoms with Gasteiger partial charge in [0.2, 0.25) is 0 Å². The zero-order valence-corrected chi connectivity index (χ0v) is 17.5. The van der Waals surface area contributed by atoms with Gasteiger partial charge in [0.25, 0.3) is 5.91 Å². The van der Waals surface area contributed by atoms with E-state index in [1.54, 1.807) is 0 Å². The first-order chi connectivity index (χ1) is 14.0. The van der Waals surface area contributed by atoms with Gasteiger partial charge in [-0.3, -0.25) is 4.79 Å². The lowest BCUT2D eigenvalue weighted by atomic mass is 10.1. The summed E-state index contributed by atoms with van der Waals surface area (Å²) in [7, 11) is 6.05. The molecule has 5 nitrogen and oxygen atoms in total. The molecule has 1 fully saturated rings. The van der Waals surface area contributed by atoms with Gasteiger partial charge in [0, 0.05) is 63.6 Å². The summed E-state index contributed by atoms with van der Waals surface area (Å²) in [4.78, 5) is 17.6. The largest absolute Gasteiger partial charge is 0.378 e. The lowest BCUT2D eigenvalue weighted by Gasteiger charge is -2.26. The summed E-state index contributed by atoms with van der Waals surface area (Å²) in [5.41, 5.74) is 4.11. The molecular formula is C24H29N3O2. The smallest absolute Gasteiger partial charge is 0.256 e. The van der Waals surface area contributed by atoms with Gasteiger partial charge in [0.05, 0.1) is 11.7 Å². The van der Waals surface area contributed by atoms with Crippen molar-refractivity contribution in [3.05, 3.63) is 65.9 Å². The molecule has 1 aliphatic rings. The van der Waals surface area contributed by atoms with Gasteiger partial charge in [-0.15, -0.1) is 0 Å². The van der Waals surface area contributed by atoms with Crippen molar-refractivity contribution in [3.63, 3.8) is 0 Å². The molecule has 1 aromatic heterocycles. The van der Waals surface area contributed by atoms with E-state index in [0.717, 1.165) is 47.2 Å². The van der Waals surface area contributed by atoms with Crippen LogP contribution >= 0.6 is 0 Å². The molecule has 0 aliphatic carbocycles. The van der Waals surface area contributed by atoms with E-state index in [2.05, 4.69) is 35.2 Å². The monoisotopic (exact) mass is 391 g/mol. The number of carbonyl (C=O) groups excluding carboxylic acids is 1. The van der Waals surface area contributed by atoms with Crippen LogP contribution in [0, 0.1) is 0 Å². The van der Waals surface area contributed by atoms with Crippen LogP contribution in [0.1, 0.15) is 28.8 Å². The molecule has 4 rings (SSSR count). The van der Waals surface area contributed by atoms with Crippen molar-refractivity contribution in [2.45, 2.75) is 25.5 Å². The number of amides is 1. The number of aryl methyl sites for hydroxylation is 1. The molecule has 1 aliphatic heterocycles. The van der Waals surface area contributed by atoms with Crippen molar-refractivity contribution < 1.29 is 9.53 Å². The van der Waals surface area contributed by atoms with Crippen molar-refractivity contribution in [1.29, 1.82) is 0 Å². The fourth-order valence-electron chi connectivity index (χ4n) is 4.06. The first-order valence-electron chi connectivity index (χ1n) is 10.2. The SMILES string of the molecule is CN(C)c1ccc(CN(CC2CCCO2)C(=O)c2cn(C)c3ccccc23)cc1. The summed E-state index contributed by atoms with van der Waals surface area (Å²) in [5.74, 6) is 0.0639. The summed E-state index contributed by atoms with van der Waals surface area (Å²) in [6.45, 7) is 1.99. The Labute approximate surface area is 172 Å². The van der Waals surface area contributed by atoms with Crippen LogP contribution in [-0.4, -0.2) is 48.7 Å². The van der Waals surface area contributed by atoms with E-state index in [-0.39, 0.29) is 12.0 Å². The lowest BCUT2D eigenvalue weighted by Crippen LogP contribution is -2.37. The second-order valence-electron chi connectivity index (χ2n) is 8.05. The third kappa shape index (κ3) is 4.15. The summed E-state index contributed by atoms with van der Waals surface area (Å²) >= 11 is 0. The number of carbonyl (C=O) groups is 1. The van der Waals surface area contributed by atoms with E-state index in [9.17, 15) is 4.79 Å². The van der Waals surface area contributed by atoms with Crippen molar-refractivity contribution in [3.8, 4) is 0 Å². The molecule has 152 valence electrons. The van der Waals surface area contributed by atoms with Gasteiger partial charge < -0.3 is 19.1 Å². The second kappa shape index (κ2) is 8.29. The molecule has 0 radical (unpaired) electrons. The molecule has 0 saturated carbocycles. The Hall–Kier alpha value is -2.79. The zero-order chi connectivity index (χ0) is 20.4. The van der Waals surface area contributed by atoms with Crippen LogP contribution in [-0.2, 0) is 18.3 Å². The summed E-state index contributed by atoms with van der Waals surface area (Å²) in [5, 5.41) is 1.00. The fraction of sp³-hybridized carbons (Fsp3) is 0.375. The Bertz CT molecular complexity index is 985. The van der Waals surface area contributed by atoms with Crippen LogP contribution in [0.2, 0.25) is 0 Å². The number of ether oxygens (including phenoxy) is 1. The molecule has 3 aromatic rings. The number of hydrogen-bond donors (Lipinski definition) is 0. The van der Waals surface area contributed by atoms with E-state index in [1.165, 1.54) is 0 Å². The summed E-state index contributed by atoms with van der Waals surface area (Å²) < 4.78 is 7.87. The molecule has 2 heterocycles. The Morgan fingerprint density at radius 2 is 1.90 bits per heavy atom. The molecule has 29 heavy (non-hydrogen) atoms. The van der Waals surface area contributed by atoms with Crippen LogP contribution in [0.15, 0.2) is 54.7 Å². The van der Waals surface area contributed by atoms with Crippen molar-refractivity contribution in [2.24, 2.45) is 7.05 Å².